The lowest BCUT2D eigenvalue weighted by atomic mass is 10.3. The molecule has 1 N–H and O–H groups in total. The first-order chi connectivity index (χ1) is 4.27. The summed E-state index contributed by atoms with van der Waals surface area (Å²) in [7, 11) is 0. The molecule has 0 aliphatic rings. The van der Waals surface area contributed by atoms with Gasteiger partial charge in [0.05, 0.1) is 0 Å². The van der Waals surface area contributed by atoms with Crippen LogP contribution in [0.3, 0.4) is 0 Å². The van der Waals surface area contributed by atoms with E-state index in [2.05, 4.69) is 42.1 Å². The minimum Gasteiger partial charge on any atom is -0.390 e. The van der Waals surface area contributed by atoms with Gasteiger partial charge in [-0.1, -0.05) is 26.0 Å². The van der Waals surface area contributed by atoms with Crippen LogP contribution in [0.15, 0.2) is 0 Å². The van der Waals surface area contributed by atoms with Crippen LogP contribution >= 0.6 is 24.8 Å². The van der Waals surface area contributed by atoms with Crippen molar-refractivity contribution in [3.63, 3.8) is 0 Å². The summed E-state index contributed by atoms with van der Waals surface area (Å²) >= 11 is 8.27. The quantitative estimate of drug-likeness (QED) is 0.285. The molecule has 0 aliphatic carbocycles. The average Bonchev–Trinajstić information content (AvgIpc) is 1.80. The number of thiol groups is 1. The van der Waals surface area contributed by atoms with E-state index in [1.807, 2.05) is 0 Å². The Kier molecular flexibility index (Phi) is 6.46. The Labute approximate surface area is 66.3 Å². The maximum absolute atomic E-state index is 4.69. The van der Waals surface area contributed by atoms with Crippen molar-refractivity contribution in [1.82, 2.24) is 5.48 Å². The Morgan fingerprint density at radius 3 is 2.89 bits per heavy atom. The maximum atomic E-state index is 4.69. The van der Waals surface area contributed by atoms with Gasteiger partial charge in [-0.2, -0.15) is 5.48 Å². The topological polar surface area (TPSA) is 21.3 Å². The van der Waals surface area contributed by atoms with Crippen molar-refractivity contribution >= 4 is 29.2 Å². The molecule has 0 aromatic carbocycles. The molecule has 0 spiro atoms. The molecule has 0 amide bonds. The third-order valence-electron chi connectivity index (χ3n) is 0.792. The van der Waals surface area contributed by atoms with E-state index in [1.165, 1.54) is 0 Å². The second-order valence-corrected chi connectivity index (χ2v) is 2.70. The van der Waals surface area contributed by atoms with Crippen LogP contribution in [0, 0.1) is 0 Å². The fourth-order valence-corrected chi connectivity index (χ4v) is 0.485. The summed E-state index contributed by atoms with van der Waals surface area (Å²) in [5.41, 5.74) is 2.67. The highest BCUT2D eigenvalue weighted by Crippen LogP contribution is 1.85. The van der Waals surface area contributed by atoms with E-state index in [1.54, 1.807) is 0 Å². The number of thiocarbonyl (C=S) groups is 1. The van der Waals surface area contributed by atoms with Gasteiger partial charge in [0.25, 0.3) is 0 Å². The normalized spacial score (nSPS) is 9.11. The summed E-state index contributed by atoms with van der Waals surface area (Å²) in [6.07, 6.45) is 2.24. The lowest BCUT2D eigenvalue weighted by molar-refractivity contribution is 0.193. The van der Waals surface area contributed by atoms with E-state index < -0.39 is 0 Å². The highest BCUT2D eigenvalue weighted by Gasteiger charge is 1.86. The lowest BCUT2D eigenvalue weighted by Gasteiger charge is -2.01. The van der Waals surface area contributed by atoms with Crippen LogP contribution in [0.5, 0.6) is 0 Å². The number of nitrogens with one attached hydrogen (secondary N) is 1. The highest BCUT2D eigenvalue weighted by molar-refractivity contribution is 8.10. The van der Waals surface area contributed by atoms with E-state index >= 15 is 0 Å². The van der Waals surface area contributed by atoms with Crippen LogP contribution < -0.4 is 5.48 Å². The second kappa shape index (κ2) is 6.32. The summed E-state index contributed by atoms with van der Waals surface area (Å²) in [6, 6.07) is 0. The first-order valence-corrected chi connectivity index (χ1v) is 3.75. The van der Waals surface area contributed by atoms with E-state index in [0.717, 1.165) is 19.4 Å². The van der Waals surface area contributed by atoms with Crippen molar-refractivity contribution in [2.75, 3.05) is 6.54 Å². The van der Waals surface area contributed by atoms with Crippen LogP contribution in [0.1, 0.15) is 19.8 Å². The summed E-state index contributed by atoms with van der Waals surface area (Å²) in [6.45, 7) is 2.94. The van der Waals surface area contributed by atoms with E-state index in [9.17, 15) is 0 Å². The van der Waals surface area contributed by atoms with Gasteiger partial charge in [-0.15, -0.1) is 0 Å². The van der Waals surface area contributed by atoms with Gasteiger partial charge in [0.15, 0.2) is 0 Å². The number of rotatable bonds is 4. The van der Waals surface area contributed by atoms with Crippen molar-refractivity contribution in [3.8, 4) is 0 Å². The Bertz CT molecular complexity index is 87.0. The Morgan fingerprint density at radius 1 is 1.78 bits per heavy atom. The van der Waals surface area contributed by atoms with Gasteiger partial charge in [0.1, 0.15) is 0 Å². The molecule has 0 rings (SSSR count). The molecule has 0 saturated carbocycles. The van der Waals surface area contributed by atoms with Crippen molar-refractivity contribution in [2.24, 2.45) is 0 Å². The predicted molar refractivity (Wildman–Crippen MR) is 45.6 cm³/mol. The van der Waals surface area contributed by atoms with Crippen molar-refractivity contribution in [1.29, 1.82) is 0 Å². The van der Waals surface area contributed by atoms with Gasteiger partial charge in [0, 0.05) is 6.54 Å². The molecule has 0 aromatic heterocycles. The van der Waals surface area contributed by atoms with Crippen molar-refractivity contribution in [3.05, 3.63) is 0 Å². The van der Waals surface area contributed by atoms with Gasteiger partial charge in [-0.05, 0) is 18.6 Å². The minimum absolute atomic E-state index is 0.242. The Balaban J connectivity index is 2.83. The Morgan fingerprint density at radius 2 is 2.44 bits per heavy atom. The zero-order valence-corrected chi connectivity index (χ0v) is 7.10. The van der Waals surface area contributed by atoms with Crippen molar-refractivity contribution in [2.45, 2.75) is 19.8 Å². The van der Waals surface area contributed by atoms with Crippen molar-refractivity contribution < 1.29 is 4.84 Å². The zero-order valence-electron chi connectivity index (χ0n) is 5.39. The molecule has 0 aliphatic heterocycles. The number of unbranched alkanes of at least 4 members (excludes halogenated alkanes) is 1. The molecule has 0 aromatic rings. The lowest BCUT2D eigenvalue weighted by Crippen LogP contribution is -2.16. The maximum Gasteiger partial charge on any atom is 0.241 e. The van der Waals surface area contributed by atoms with Crippen LogP contribution in [-0.4, -0.2) is 10.9 Å². The molecule has 4 heteroatoms. The fraction of sp³-hybridized carbons (Fsp3) is 0.800. The monoisotopic (exact) mass is 165 g/mol. The van der Waals surface area contributed by atoms with Gasteiger partial charge in [-0.25, -0.2) is 0 Å². The molecular weight excluding hydrogens is 154 g/mol. The van der Waals surface area contributed by atoms with E-state index in [-0.39, 0.29) is 4.38 Å². The predicted octanol–water partition coefficient (Wildman–Crippen LogP) is 1.52. The Hall–Kier alpha value is 0.200. The SMILES string of the molecule is CCCCNOC(=S)S. The van der Waals surface area contributed by atoms with E-state index in [4.69, 9.17) is 0 Å². The largest absolute Gasteiger partial charge is 0.390 e. The first-order valence-electron chi connectivity index (χ1n) is 2.90. The van der Waals surface area contributed by atoms with Gasteiger partial charge < -0.3 is 4.84 Å². The molecule has 0 fully saturated rings. The molecular formula is C5H11NOS2. The number of hydrogen-bond donors (Lipinski definition) is 2. The first kappa shape index (κ1) is 9.20. The van der Waals surface area contributed by atoms with Crippen LogP contribution in [0.25, 0.3) is 0 Å². The molecule has 2 nitrogen and oxygen atoms in total. The molecule has 0 atom stereocenters. The summed E-state index contributed by atoms with van der Waals surface area (Å²) in [5, 5.41) is 0. The van der Waals surface area contributed by atoms with Crippen LogP contribution in [0.4, 0.5) is 0 Å². The van der Waals surface area contributed by atoms with Gasteiger partial charge in [0.2, 0.25) is 4.38 Å². The average molecular weight is 165 g/mol. The molecule has 54 valence electrons. The minimum atomic E-state index is 0.242. The number of hydroxylamine groups is 1. The van der Waals surface area contributed by atoms with E-state index in [0.29, 0.717) is 0 Å². The van der Waals surface area contributed by atoms with Gasteiger partial charge in [-0.3, -0.25) is 0 Å². The van der Waals surface area contributed by atoms with Crippen LogP contribution in [-0.2, 0) is 4.84 Å². The third kappa shape index (κ3) is 8.20. The molecule has 0 heterocycles. The fourth-order valence-electron chi connectivity index (χ4n) is 0.362. The van der Waals surface area contributed by atoms with Gasteiger partial charge >= 0.3 is 0 Å². The molecule has 0 radical (unpaired) electrons. The molecule has 9 heavy (non-hydrogen) atoms. The summed E-state index contributed by atoms with van der Waals surface area (Å²) < 4.78 is 0.242. The van der Waals surface area contributed by atoms with Crippen LogP contribution in [0.2, 0.25) is 0 Å². The second-order valence-electron chi connectivity index (χ2n) is 1.62. The zero-order chi connectivity index (χ0) is 7.11. The smallest absolute Gasteiger partial charge is 0.241 e. The molecule has 0 saturated heterocycles. The summed E-state index contributed by atoms with van der Waals surface area (Å²) in [4.78, 5) is 4.69. The summed E-state index contributed by atoms with van der Waals surface area (Å²) in [5.74, 6) is 0. The molecule has 0 unspecified atom stereocenters. The standard InChI is InChI=1S/C5H11NOS2/c1-2-3-4-6-7-5(8)9/h6H,2-4H2,1H3,(H,8,9). The molecule has 0 bridgehead atoms. The third-order valence-corrected chi connectivity index (χ3v) is 0.966. The number of hydrogen-bond acceptors (Lipinski definition) is 3. The highest BCUT2D eigenvalue weighted by atomic mass is 32.1.